The molecular formula is C20H34N4O6. The lowest BCUT2D eigenvalue weighted by molar-refractivity contribution is -0.144. The Labute approximate surface area is 177 Å². The molecule has 170 valence electrons. The van der Waals surface area contributed by atoms with Crippen LogP contribution in [0.15, 0.2) is 11.6 Å². The summed E-state index contributed by atoms with van der Waals surface area (Å²) in [5.74, 6) is -0.884. The summed E-state index contributed by atoms with van der Waals surface area (Å²) in [4.78, 5) is 39.1. The van der Waals surface area contributed by atoms with Crippen molar-refractivity contribution in [3.8, 4) is 0 Å². The van der Waals surface area contributed by atoms with Crippen LogP contribution in [0.3, 0.4) is 0 Å². The quantitative estimate of drug-likeness (QED) is 0.230. The van der Waals surface area contributed by atoms with Crippen molar-refractivity contribution < 1.29 is 28.6 Å². The van der Waals surface area contributed by atoms with E-state index in [0.29, 0.717) is 4.90 Å². The van der Waals surface area contributed by atoms with Gasteiger partial charge in [-0.1, -0.05) is 11.6 Å². The zero-order valence-electron chi connectivity index (χ0n) is 18.9. The third-order valence-electron chi connectivity index (χ3n) is 3.73. The van der Waals surface area contributed by atoms with E-state index in [2.05, 4.69) is 0 Å². The lowest BCUT2D eigenvalue weighted by atomic mass is 10.1. The largest absolute Gasteiger partial charge is 0.465 e. The number of nitrogens with two attached hydrogens (primary N) is 1. The van der Waals surface area contributed by atoms with Gasteiger partial charge in [0.25, 0.3) is 0 Å². The minimum atomic E-state index is -1.00. The molecule has 0 radical (unpaired) electrons. The van der Waals surface area contributed by atoms with E-state index in [1.165, 1.54) is 4.90 Å². The molecule has 1 heterocycles. The standard InChI is InChI=1S/C20H34N4O6/c1-8-28-15(25)14(21)11-13-9-10-23(12-13)16(22)24(17(26)29-19(2,3)4)18(27)30-20(5,6)7/h9,14,22H,8,10-12,21H2,1-7H3. The van der Waals surface area contributed by atoms with Crippen molar-refractivity contribution in [3.05, 3.63) is 11.6 Å². The van der Waals surface area contributed by atoms with Crippen molar-refractivity contribution in [2.75, 3.05) is 19.7 Å². The van der Waals surface area contributed by atoms with E-state index in [4.69, 9.17) is 25.4 Å². The number of carbonyl (C=O) groups excluding carboxylic acids is 3. The van der Waals surface area contributed by atoms with Gasteiger partial charge in [-0.25, -0.2) is 9.59 Å². The van der Waals surface area contributed by atoms with Crippen molar-refractivity contribution in [2.45, 2.75) is 72.1 Å². The van der Waals surface area contributed by atoms with Gasteiger partial charge in [0.15, 0.2) is 0 Å². The van der Waals surface area contributed by atoms with Gasteiger partial charge >= 0.3 is 18.2 Å². The molecule has 0 aliphatic carbocycles. The third-order valence-corrected chi connectivity index (χ3v) is 3.73. The molecule has 0 saturated heterocycles. The normalized spacial score (nSPS) is 15.2. The summed E-state index contributed by atoms with van der Waals surface area (Å²) >= 11 is 0. The second-order valence-electron chi connectivity index (χ2n) is 8.93. The van der Waals surface area contributed by atoms with E-state index < -0.39 is 35.4 Å². The summed E-state index contributed by atoms with van der Waals surface area (Å²) in [5, 5.41) is 8.44. The molecule has 0 fully saturated rings. The van der Waals surface area contributed by atoms with Crippen LogP contribution < -0.4 is 5.73 Å². The summed E-state index contributed by atoms with van der Waals surface area (Å²) in [6.07, 6.45) is 0.0501. The average molecular weight is 427 g/mol. The fourth-order valence-corrected chi connectivity index (χ4v) is 2.54. The maximum atomic E-state index is 12.6. The monoisotopic (exact) mass is 426 g/mol. The number of nitrogens with zero attached hydrogens (tertiary/aromatic N) is 2. The van der Waals surface area contributed by atoms with Gasteiger partial charge in [0.2, 0.25) is 5.96 Å². The minimum Gasteiger partial charge on any atom is -0.465 e. The molecule has 0 spiro atoms. The highest BCUT2D eigenvalue weighted by Gasteiger charge is 2.37. The summed E-state index contributed by atoms with van der Waals surface area (Å²) in [6, 6.07) is -0.821. The van der Waals surface area contributed by atoms with Crippen LogP contribution in [0.4, 0.5) is 9.59 Å². The first kappa shape index (κ1) is 25.4. The van der Waals surface area contributed by atoms with Crippen LogP contribution >= 0.6 is 0 Å². The molecule has 0 saturated carbocycles. The Bertz CT molecular complexity index is 677. The zero-order chi connectivity index (χ0) is 23.3. The molecule has 2 amide bonds. The van der Waals surface area contributed by atoms with Crippen molar-refractivity contribution in [2.24, 2.45) is 5.73 Å². The topological polar surface area (TPSA) is 135 Å². The van der Waals surface area contributed by atoms with Gasteiger partial charge < -0.3 is 24.8 Å². The number of guanidine groups is 1. The number of amides is 2. The molecule has 1 aliphatic rings. The van der Waals surface area contributed by atoms with Crippen LogP contribution in [0.1, 0.15) is 54.9 Å². The highest BCUT2D eigenvalue weighted by molar-refractivity contribution is 6.07. The maximum Gasteiger partial charge on any atom is 0.427 e. The van der Waals surface area contributed by atoms with E-state index in [1.807, 2.05) is 0 Å². The Hall–Kier alpha value is -2.62. The van der Waals surface area contributed by atoms with E-state index in [0.717, 1.165) is 5.57 Å². The molecule has 0 bridgehead atoms. The first-order valence-corrected chi connectivity index (χ1v) is 9.84. The summed E-state index contributed by atoms with van der Waals surface area (Å²) < 4.78 is 15.5. The van der Waals surface area contributed by atoms with Gasteiger partial charge in [0.05, 0.1) is 6.61 Å². The molecule has 10 nitrogen and oxygen atoms in total. The lowest BCUT2D eigenvalue weighted by Crippen LogP contribution is -2.52. The van der Waals surface area contributed by atoms with Gasteiger partial charge in [0.1, 0.15) is 17.2 Å². The van der Waals surface area contributed by atoms with Crippen molar-refractivity contribution in [1.29, 1.82) is 5.41 Å². The molecule has 30 heavy (non-hydrogen) atoms. The van der Waals surface area contributed by atoms with Gasteiger partial charge in [-0.3, -0.25) is 10.2 Å². The van der Waals surface area contributed by atoms with Crippen molar-refractivity contribution in [1.82, 2.24) is 9.80 Å². The summed E-state index contributed by atoms with van der Waals surface area (Å²) in [5.41, 5.74) is 4.93. The highest BCUT2D eigenvalue weighted by Crippen LogP contribution is 2.20. The first-order valence-electron chi connectivity index (χ1n) is 9.84. The average Bonchev–Trinajstić information content (AvgIpc) is 3.00. The van der Waals surface area contributed by atoms with Gasteiger partial charge in [-0.05, 0) is 54.9 Å². The number of carbonyl (C=O) groups is 3. The first-order chi connectivity index (χ1) is 13.6. The molecular weight excluding hydrogens is 392 g/mol. The Morgan fingerprint density at radius 1 is 1.13 bits per heavy atom. The van der Waals surface area contributed by atoms with E-state index >= 15 is 0 Å². The number of esters is 1. The maximum absolute atomic E-state index is 12.6. The molecule has 0 aromatic rings. The lowest BCUT2D eigenvalue weighted by Gasteiger charge is -2.31. The Morgan fingerprint density at radius 3 is 2.07 bits per heavy atom. The number of hydrogen-bond acceptors (Lipinski definition) is 8. The highest BCUT2D eigenvalue weighted by atomic mass is 16.6. The van der Waals surface area contributed by atoms with Crippen LogP contribution in [-0.2, 0) is 19.0 Å². The Morgan fingerprint density at radius 2 is 1.63 bits per heavy atom. The van der Waals surface area contributed by atoms with E-state index in [1.54, 1.807) is 54.5 Å². The van der Waals surface area contributed by atoms with Crippen LogP contribution in [0, 0.1) is 5.41 Å². The van der Waals surface area contributed by atoms with Crippen LogP contribution in [0.25, 0.3) is 0 Å². The Balaban J connectivity index is 2.91. The zero-order valence-corrected chi connectivity index (χ0v) is 18.9. The number of imide groups is 1. The molecule has 1 aliphatic heterocycles. The number of ether oxygens (including phenoxy) is 3. The minimum absolute atomic E-state index is 0.230. The number of rotatable bonds is 4. The van der Waals surface area contributed by atoms with E-state index in [9.17, 15) is 14.4 Å². The van der Waals surface area contributed by atoms with Gasteiger partial charge in [-0.15, -0.1) is 4.90 Å². The van der Waals surface area contributed by atoms with Crippen LogP contribution in [-0.4, -0.2) is 70.9 Å². The fraction of sp³-hybridized carbons (Fsp3) is 0.700. The predicted molar refractivity (Wildman–Crippen MR) is 111 cm³/mol. The molecule has 0 aromatic carbocycles. The van der Waals surface area contributed by atoms with Crippen molar-refractivity contribution >= 4 is 24.1 Å². The van der Waals surface area contributed by atoms with Crippen LogP contribution in [0.2, 0.25) is 0 Å². The molecule has 1 rings (SSSR count). The molecule has 1 atom stereocenters. The molecule has 1 unspecified atom stereocenters. The molecule has 10 heteroatoms. The van der Waals surface area contributed by atoms with Gasteiger partial charge in [0, 0.05) is 13.1 Å². The summed E-state index contributed by atoms with van der Waals surface area (Å²) in [7, 11) is 0. The molecule has 3 N–H and O–H groups in total. The third kappa shape index (κ3) is 8.02. The fourth-order valence-electron chi connectivity index (χ4n) is 2.54. The SMILES string of the molecule is CCOC(=O)C(N)CC1=CCN(C(=N)N(C(=O)OC(C)(C)C)C(=O)OC(C)(C)C)C1. The second kappa shape index (κ2) is 9.92. The number of nitrogens with one attached hydrogen (secondary N) is 1. The predicted octanol–water partition coefficient (Wildman–Crippen LogP) is 2.62. The Kier molecular flexibility index (Phi) is 8.41. The van der Waals surface area contributed by atoms with E-state index in [-0.39, 0.29) is 32.1 Å². The number of hydrogen-bond donors (Lipinski definition) is 2. The summed E-state index contributed by atoms with van der Waals surface area (Å²) in [6.45, 7) is 12.4. The van der Waals surface area contributed by atoms with Crippen molar-refractivity contribution in [3.63, 3.8) is 0 Å². The smallest absolute Gasteiger partial charge is 0.427 e. The molecule has 0 aromatic heterocycles. The van der Waals surface area contributed by atoms with Crippen LogP contribution in [0.5, 0.6) is 0 Å². The van der Waals surface area contributed by atoms with Gasteiger partial charge in [-0.2, -0.15) is 0 Å². The second-order valence-corrected chi connectivity index (χ2v) is 8.93.